The minimum absolute atomic E-state index is 0.168. The van der Waals surface area contributed by atoms with Crippen LogP contribution in [0.25, 0.3) is 5.78 Å². The van der Waals surface area contributed by atoms with Gasteiger partial charge in [0.1, 0.15) is 6.33 Å². The number of rotatable bonds is 7. The smallest absolute Gasteiger partial charge is 0.323 e. The van der Waals surface area contributed by atoms with E-state index in [1.165, 1.54) is 22.3 Å². The second-order valence-electron chi connectivity index (χ2n) is 8.39. The molecule has 3 heterocycles. The molecule has 10 nitrogen and oxygen atoms in total. The zero-order valence-electron chi connectivity index (χ0n) is 19.2. The number of aromatic nitrogens is 4. The Balaban J connectivity index is 1.27. The third-order valence-corrected chi connectivity index (χ3v) is 6.30. The topological polar surface area (TPSA) is 112 Å². The lowest BCUT2D eigenvalue weighted by Crippen LogP contribution is -2.22. The molecule has 0 aliphatic carbocycles. The number of carbonyl (C=O) groups is 1. The van der Waals surface area contributed by atoms with E-state index in [1.54, 1.807) is 29.2 Å². The first-order valence-corrected chi connectivity index (χ1v) is 12.1. The standard InChI is InChI=1S/C24H24N6O4S/c1-15(2)11-29-13-25-23-26-17(10-22(31)30(23)29)12-35-21-6-4-3-5-18(21)28-24(32)27-16-7-8-19-20(9-16)34-14-33-19/h3-10,13,15H,11-12,14H2,1-2H3,(H2,27,28,32). The molecule has 0 fully saturated rings. The first kappa shape index (κ1) is 22.8. The van der Waals surface area contributed by atoms with Crippen LogP contribution in [0.2, 0.25) is 0 Å². The van der Waals surface area contributed by atoms with E-state index in [0.717, 1.165) is 4.90 Å². The Morgan fingerprint density at radius 1 is 1.11 bits per heavy atom. The Hall–Kier alpha value is -3.99. The first-order chi connectivity index (χ1) is 17.0. The Kier molecular flexibility index (Phi) is 6.32. The highest BCUT2D eigenvalue weighted by molar-refractivity contribution is 7.98. The van der Waals surface area contributed by atoms with Crippen molar-refractivity contribution < 1.29 is 14.3 Å². The molecule has 180 valence electrons. The fourth-order valence-corrected chi connectivity index (χ4v) is 4.59. The molecule has 35 heavy (non-hydrogen) atoms. The molecule has 2 N–H and O–H groups in total. The van der Waals surface area contributed by atoms with Gasteiger partial charge in [-0.15, -0.1) is 11.8 Å². The van der Waals surface area contributed by atoms with Gasteiger partial charge in [0.05, 0.1) is 11.4 Å². The molecule has 0 atom stereocenters. The van der Waals surface area contributed by atoms with Gasteiger partial charge in [-0.1, -0.05) is 26.0 Å². The molecule has 0 unspecified atom stereocenters. The number of thioether (sulfide) groups is 1. The lowest BCUT2D eigenvalue weighted by Gasteiger charge is -2.12. The summed E-state index contributed by atoms with van der Waals surface area (Å²) in [7, 11) is 0. The summed E-state index contributed by atoms with van der Waals surface area (Å²) in [6.07, 6.45) is 1.64. The average molecular weight is 493 g/mol. The summed E-state index contributed by atoms with van der Waals surface area (Å²) in [5.74, 6) is 2.44. The number of benzene rings is 2. The van der Waals surface area contributed by atoms with E-state index in [1.807, 2.05) is 24.3 Å². The Labute approximate surface area is 205 Å². The number of hydrogen-bond donors (Lipinski definition) is 2. The van der Waals surface area contributed by atoms with Crippen LogP contribution >= 0.6 is 11.8 Å². The number of amides is 2. The molecule has 2 aromatic heterocycles. The maximum Gasteiger partial charge on any atom is 0.323 e. The number of fused-ring (bicyclic) bond motifs is 2. The number of para-hydroxylation sites is 1. The highest BCUT2D eigenvalue weighted by Crippen LogP contribution is 2.34. The number of hydrogen-bond acceptors (Lipinski definition) is 7. The van der Waals surface area contributed by atoms with Crippen molar-refractivity contribution in [1.82, 2.24) is 19.2 Å². The minimum Gasteiger partial charge on any atom is -0.454 e. The Bertz CT molecular complexity index is 1450. The maximum atomic E-state index is 12.7. The van der Waals surface area contributed by atoms with E-state index in [-0.39, 0.29) is 18.4 Å². The van der Waals surface area contributed by atoms with Crippen molar-refractivity contribution in [2.24, 2.45) is 5.92 Å². The number of urea groups is 1. The molecule has 2 amide bonds. The van der Waals surface area contributed by atoms with Crippen molar-refractivity contribution in [1.29, 1.82) is 0 Å². The van der Waals surface area contributed by atoms with Gasteiger partial charge < -0.3 is 20.1 Å². The van der Waals surface area contributed by atoms with Crippen LogP contribution in [-0.2, 0) is 12.3 Å². The molecule has 2 aromatic carbocycles. The van der Waals surface area contributed by atoms with E-state index in [4.69, 9.17) is 9.47 Å². The molecular formula is C24H24N6O4S. The molecule has 5 rings (SSSR count). The van der Waals surface area contributed by atoms with Gasteiger partial charge in [0.2, 0.25) is 6.79 Å². The van der Waals surface area contributed by atoms with Crippen molar-refractivity contribution in [3.05, 3.63) is 70.9 Å². The van der Waals surface area contributed by atoms with E-state index in [0.29, 0.717) is 52.6 Å². The van der Waals surface area contributed by atoms with Crippen LogP contribution in [0.3, 0.4) is 0 Å². The lowest BCUT2D eigenvalue weighted by molar-refractivity contribution is 0.174. The van der Waals surface area contributed by atoms with Gasteiger partial charge in [-0.05, 0) is 30.2 Å². The summed E-state index contributed by atoms with van der Waals surface area (Å²) >= 11 is 1.48. The Morgan fingerprint density at radius 2 is 1.94 bits per heavy atom. The van der Waals surface area contributed by atoms with E-state index in [9.17, 15) is 9.59 Å². The zero-order valence-corrected chi connectivity index (χ0v) is 20.0. The number of ether oxygens (including phenoxy) is 2. The highest BCUT2D eigenvalue weighted by atomic mass is 32.2. The van der Waals surface area contributed by atoms with E-state index < -0.39 is 0 Å². The second-order valence-corrected chi connectivity index (χ2v) is 9.41. The molecule has 0 saturated carbocycles. The predicted molar refractivity (Wildman–Crippen MR) is 133 cm³/mol. The fourth-order valence-electron chi connectivity index (χ4n) is 3.69. The number of nitrogens with zero attached hydrogens (tertiary/aromatic N) is 4. The minimum atomic E-state index is -0.384. The van der Waals surface area contributed by atoms with Gasteiger partial charge in [0.15, 0.2) is 11.5 Å². The van der Waals surface area contributed by atoms with Crippen LogP contribution in [0.4, 0.5) is 16.2 Å². The summed E-state index contributed by atoms with van der Waals surface area (Å²) in [5, 5.41) is 5.68. The van der Waals surface area contributed by atoms with Crippen molar-refractivity contribution in [3.8, 4) is 11.5 Å². The summed E-state index contributed by atoms with van der Waals surface area (Å²) in [4.78, 5) is 35.0. The molecule has 4 aromatic rings. The van der Waals surface area contributed by atoms with Crippen molar-refractivity contribution in [2.75, 3.05) is 17.4 Å². The quantitative estimate of drug-likeness (QED) is 0.372. The van der Waals surface area contributed by atoms with Gasteiger partial charge in [0, 0.05) is 35.0 Å². The molecule has 11 heteroatoms. The monoisotopic (exact) mass is 492 g/mol. The SMILES string of the molecule is CC(C)Cn1cnc2nc(CSc3ccccc3NC(=O)Nc3ccc4c(c3)OCO4)cc(=O)n21. The van der Waals surface area contributed by atoms with Crippen molar-refractivity contribution in [2.45, 2.75) is 31.0 Å². The predicted octanol–water partition coefficient (Wildman–Crippen LogP) is 4.21. The van der Waals surface area contributed by atoms with Crippen LogP contribution in [0.15, 0.2) is 64.5 Å². The number of anilines is 2. The summed E-state index contributed by atoms with van der Waals surface area (Å²) in [6.45, 7) is 5.01. The third-order valence-electron chi connectivity index (χ3n) is 5.19. The summed E-state index contributed by atoms with van der Waals surface area (Å²) in [5.41, 5.74) is 1.69. The average Bonchev–Trinajstić information content (AvgIpc) is 3.45. The van der Waals surface area contributed by atoms with Gasteiger partial charge in [-0.3, -0.25) is 9.48 Å². The van der Waals surface area contributed by atoms with Crippen LogP contribution < -0.4 is 25.7 Å². The van der Waals surface area contributed by atoms with Crippen molar-refractivity contribution in [3.63, 3.8) is 0 Å². The van der Waals surface area contributed by atoms with Crippen LogP contribution in [-0.4, -0.2) is 32.0 Å². The van der Waals surface area contributed by atoms with Gasteiger partial charge >= 0.3 is 6.03 Å². The number of nitrogens with one attached hydrogen (secondary N) is 2. The maximum absolute atomic E-state index is 12.7. The van der Waals surface area contributed by atoms with E-state index >= 15 is 0 Å². The fraction of sp³-hybridized carbons (Fsp3) is 0.250. The first-order valence-electron chi connectivity index (χ1n) is 11.1. The highest BCUT2D eigenvalue weighted by Gasteiger charge is 2.15. The van der Waals surface area contributed by atoms with Gasteiger partial charge in [-0.2, -0.15) is 9.50 Å². The van der Waals surface area contributed by atoms with Crippen LogP contribution in [0.5, 0.6) is 11.5 Å². The van der Waals surface area contributed by atoms with Gasteiger partial charge in [0.25, 0.3) is 11.3 Å². The molecule has 0 spiro atoms. The second kappa shape index (κ2) is 9.71. The van der Waals surface area contributed by atoms with Crippen molar-refractivity contribution >= 4 is 34.9 Å². The molecule has 0 radical (unpaired) electrons. The molecule has 0 bridgehead atoms. The third kappa shape index (κ3) is 5.09. The lowest BCUT2D eigenvalue weighted by atomic mass is 10.2. The molecule has 1 aliphatic rings. The van der Waals surface area contributed by atoms with Gasteiger partial charge in [-0.25, -0.2) is 9.78 Å². The molecular weight excluding hydrogens is 468 g/mol. The molecule has 0 saturated heterocycles. The Morgan fingerprint density at radius 3 is 2.80 bits per heavy atom. The largest absolute Gasteiger partial charge is 0.454 e. The van der Waals surface area contributed by atoms with E-state index in [2.05, 4.69) is 34.4 Å². The van der Waals surface area contributed by atoms with Crippen LogP contribution in [0.1, 0.15) is 19.5 Å². The zero-order chi connectivity index (χ0) is 24.4. The summed E-state index contributed by atoms with van der Waals surface area (Å²) in [6, 6.07) is 13.8. The normalized spacial score (nSPS) is 12.3. The summed E-state index contributed by atoms with van der Waals surface area (Å²) < 4.78 is 13.9. The molecule has 1 aliphatic heterocycles. The van der Waals surface area contributed by atoms with Crippen LogP contribution in [0, 0.1) is 5.92 Å². The number of carbonyl (C=O) groups excluding carboxylic acids is 1.